The molecule has 2 heterocycles. The first-order valence-electron chi connectivity index (χ1n) is 5.94. The molecule has 0 saturated carbocycles. The first kappa shape index (κ1) is 12.1. The zero-order chi connectivity index (χ0) is 13.9. The van der Waals surface area contributed by atoms with E-state index in [9.17, 15) is 4.79 Å². The molecular weight excluding hydrogens is 256 g/mol. The Labute approximate surface area is 114 Å². The number of hydrogen-bond donors (Lipinski definition) is 1. The van der Waals surface area contributed by atoms with E-state index < -0.39 is 5.97 Å². The van der Waals surface area contributed by atoms with Crippen LogP contribution in [0.5, 0.6) is 11.5 Å². The zero-order valence-electron chi connectivity index (χ0n) is 10.4. The smallest absolute Gasteiger partial charge is 0.354 e. The van der Waals surface area contributed by atoms with Gasteiger partial charge in [-0.3, -0.25) is 4.98 Å². The number of pyridine rings is 2. The van der Waals surface area contributed by atoms with Crippen LogP contribution in [0, 0.1) is 0 Å². The molecule has 3 rings (SSSR count). The van der Waals surface area contributed by atoms with Gasteiger partial charge in [-0.05, 0) is 30.3 Å². The molecule has 0 fully saturated rings. The van der Waals surface area contributed by atoms with E-state index in [0.29, 0.717) is 11.5 Å². The SMILES string of the molecule is O=C(O)c1ccc(Oc2ccc3cccnc3c2)cn1. The van der Waals surface area contributed by atoms with Gasteiger partial charge in [0.05, 0.1) is 11.7 Å². The summed E-state index contributed by atoms with van der Waals surface area (Å²) in [7, 11) is 0. The lowest BCUT2D eigenvalue weighted by Crippen LogP contribution is -1.99. The molecule has 0 amide bonds. The summed E-state index contributed by atoms with van der Waals surface area (Å²) >= 11 is 0. The van der Waals surface area contributed by atoms with Crippen molar-refractivity contribution in [1.82, 2.24) is 9.97 Å². The van der Waals surface area contributed by atoms with E-state index in [2.05, 4.69) is 9.97 Å². The van der Waals surface area contributed by atoms with Crippen LogP contribution in [0.4, 0.5) is 0 Å². The number of carboxylic acids is 1. The molecule has 0 atom stereocenters. The van der Waals surface area contributed by atoms with E-state index in [4.69, 9.17) is 9.84 Å². The molecule has 0 saturated heterocycles. The topological polar surface area (TPSA) is 72.3 Å². The highest BCUT2D eigenvalue weighted by molar-refractivity contribution is 5.85. The Bertz CT molecular complexity index is 769. The number of carbonyl (C=O) groups is 1. The van der Waals surface area contributed by atoms with Gasteiger partial charge in [-0.1, -0.05) is 6.07 Å². The van der Waals surface area contributed by atoms with Crippen LogP contribution in [0.25, 0.3) is 10.9 Å². The summed E-state index contributed by atoms with van der Waals surface area (Å²) in [6, 6.07) is 12.4. The summed E-state index contributed by atoms with van der Waals surface area (Å²) < 4.78 is 5.63. The monoisotopic (exact) mass is 266 g/mol. The summed E-state index contributed by atoms with van der Waals surface area (Å²) in [6.45, 7) is 0. The third kappa shape index (κ3) is 2.42. The highest BCUT2D eigenvalue weighted by Crippen LogP contribution is 2.24. The zero-order valence-corrected chi connectivity index (χ0v) is 10.4. The third-order valence-corrected chi connectivity index (χ3v) is 2.77. The quantitative estimate of drug-likeness (QED) is 0.788. The van der Waals surface area contributed by atoms with Crippen molar-refractivity contribution >= 4 is 16.9 Å². The maximum Gasteiger partial charge on any atom is 0.354 e. The molecule has 20 heavy (non-hydrogen) atoms. The van der Waals surface area contributed by atoms with Crippen LogP contribution in [0.3, 0.4) is 0 Å². The summed E-state index contributed by atoms with van der Waals surface area (Å²) in [5.41, 5.74) is 0.817. The number of aromatic nitrogens is 2. The largest absolute Gasteiger partial charge is 0.477 e. The van der Waals surface area contributed by atoms with Gasteiger partial charge in [0.25, 0.3) is 0 Å². The van der Waals surface area contributed by atoms with Crippen LogP contribution in [0.2, 0.25) is 0 Å². The van der Waals surface area contributed by atoms with Gasteiger partial charge in [0.15, 0.2) is 0 Å². The average molecular weight is 266 g/mol. The van der Waals surface area contributed by atoms with Crippen LogP contribution in [-0.4, -0.2) is 21.0 Å². The van der Waals surface area contributed by atoms with Crippen LogP contribution in [0.15, 0.2) is 54.9 Å². The minimum absolute atomic E-state index is 0.0162. The molecule has 0 bridgehead atoms. The Balaban J connectivity index is 1.87. The standard InChI is InChI=1S/C15H10N2O3/c18-15(19)13-6-5-12(9-17-13)20-11-4-3-10-2-1-7-16-14(10)8-11/h1-9H,(H,18,19). The normalized spacial score (nSPS) is 10.4. The van der Waals surface area contributed by atoms with Crippen molar-refractivity contribution in [3.8, 4) is 11.5 Å². The van der Waals surface area contributed by atoms with E-state index in [0.717, 1.165) is 10.9 Å². The van der Waals surface area contributed by atoms with Crippen molar-refractivity contribution in [3.05, 3.63) is 60.6 Å². The maximum atomic E-state index is 10.7. The molecular formula is C15H10N2O3. The summed E-state index contributed by atoms with van der Waals surface area (Å²) in [5, 5.41) is 9.80. The number of carboxylic acid groups (broad SMARTS) is 1. The molecule has 0 radical (unpaired) electrons. The molecule has 0 aliphatic carbocycles. The van der Waals surface area contributed by atoms with Crippen LogP contribution < -0.4 is 4.74 Å². The molecule has 0 spiro atoms. The van der Waals surface area contributed by atoms with E-state index in [1.165, 1.54) is 12.3 Å². The highest BCUT2D eigenvalue weighted by atomic mass is 16.5. The molecule has 5 nitrogen and oxygen atoms in total. The number of hydrogen-bond acceptors (Lipinski definition) is 4. The predicted octanol–water partition coefficient (Wildman–Crippen LogP) is 3.12. The van der Waals surface area contributed by atoms with Gasteiger partial charge in [0, 0.05) is 17.6 Å². The van der Waals surface area contributed by atoms with Crippen LogP contribution in [0.1, 0.15) is 10.5 Å². The molecule has 1 N–H and O–H groups in total. The second-order valence-corrected chi connectivity index (χ2v) is 4.14. The van der Waals surface area contributed by atoms with Crippen LogP contribution in [-0.2, 0) is 0 Å². The fourth-order valence-corrected chi connectivity index (χ4v) is 1.81. The lowest BCUT2D eigenvalue weighted by molar-refractivity contribution is 0.0690. The molecule has 1 aromatic carbocycles. The Morgan fingerprint density at radius 3 is 2.65 bits per heavy atom. The molecule has 98 valence electrons. The number of nitrogens with zero attached hydrogens (tertiary/aromatic N) is 2. The van der Waals surface area contributed by atoms with E-state index in [1.807, 2.05) is 30.3 Å². The lowest BCUT2D eigenvalue weighted by atomic mass is 10.2. The molecule has 3 aromatic rings. The summed E-state index contributed by atoms with van der Waals surface area (Å²) in [6.07, 6.45) is 3.10. The van der Waals surface area contributed by atoms with Gasteiger partial charge in [0.2, 0.25) is 0 Å². The highest BCUT2D eigenvalue weighted by Gasteiger charge is 2.05. The number of ether oxygens (including phenoxy) is 1. The second-order valence-electron chi connectivity index (χ2n) is 4.14. The molecule has 2 aromatic heterocycles. The summed E-state index contributed by atoms with van der Waals surface area (Å²) in [5.74, 6) is 0.0396. The fraction of sp³-hybridized carbons (Fsp3) is 0. The third-order valence-electron chi connectivity index (χ3n) is 2.77. The first-order valence-corrected chi connectivity index (χ1v) is 5.94. The van der Waals surface area contributed by atoms with Gasteiger partial charge >= 0.3 is 5.97 Å². The summed E-state index contributed by atoms with van der Waals surface area (Å²) in [4.78, 5) is 18.7. The first-order chi connectivity index (χ1) is 9.72. The van der Waals surface area contributed by atoms with Gasteiger partial charge in [-0.25, -0.2) is 9.78 Å². The number of fused-ring (bicyclic) bond motifs is 1. The van der Waals surface area contributed by atoms with Crippen molar-refractivity contribution in [2.75, 3.05) is 0 Å². The molecule has 5 heteroatoms. The molecule has 0 aliphatic heterocycles. The van der Waals surface area contributed by atoms with Crippen molar-refractivity contribution in [1.29, 1.82) is 0 Å². The minimum Gasteiger partial charge on any atom is -0.477 e. The Morgan fingerprint density at radius 1 is 1.05 bits per heavy atom. The fourth-order valence-electron chi connectivity index (χ4n) is 1.81. The number of rotatable bonds is 3. The minimum atomic E-state index is -1.06. The Hall–Kier alpha value is -2.95. The Morgan fingerprint density at radius 2 is 1.90 bits per heavy atom. The lowest BCUT2D eigenvalue weighted by Gasteiger charge is -2.06. The van der Waals surface area contributed by atoms with Gasteiger partial charge in [0.1, 0.15) is 17.2 Å². The van der Waals surface area contributed by atoms with Crippen molar-refractivity contribution in [2.45, 2.75) is 0 Å². The van der Waals surface area contributed by atoms with Crippen LogP contribution >= 0.6 is 0 Å². The van der Waals surface area contributed by atoms with E-state index in [-0.39, 0.29) is 5.69 Å². The maximum absolute atomic E-state index is 10.7. The van der Waals surface area contributed by atoms with Gasteiger partial charge in [-0.2, -0.15) is 0 Å². The van der Waals surface area contributed by atoms with Gasteiger partial charge < -0.3 is 9.84 Å². The van der Waals surface area contributed by atoms with Crippen molar-refractivity contribution in [3.63, 3.8) is 0 Å². The van der Waals surface area contributed by atoms with Crippen molar-refractivity contribution in [2.24, 2.45) is 0 Å². The predicted molar refractivity (Wildman–Crippen MR) is 73.0 cm³/mol. The number of benzene rings is 1. The van der Waals surface area contributed by atoms with E-state index in [1.54, 1.807) is 12.3 Å². The molecule has 0 aliphatic rings. The number of aromatic carboxylic acids is 1. The second kappa shape index (κ2) is 4.97. The Kier molecular flexibility index (Phi) is 3.01. The van der Waals surface area contributed by atoms with Gasteiger partial charge in [-0.15, -0.1) is 0 Å². The average Bonchev–Trinajstić information content (AvgIpc) is 2.48. The molecule has 0 unspecified atom stereocenters. The van der Waals surface area contributed by atoms with Crippen molar-refractivity contribution < 1.29 is 14.6 Å². The van der Waals surface area contributed by atoms with E-state index >= 15 is 0 Å².